The van der Waals surface area contributed by atoms with Gasteiger partial charge in [0.25, 0.3) is 6.47 Å². The summed E-state index contributed by atoms with van der Waals surface area (Å²) >= 11 is 0. The van der Waals surface area contributed by atoms with E-state index in [2.05, 4.69) is 29.4 Å². The highest BCUT2D eigenvalue weighted by Gasteiger charge is 2.53. The second kappa shape index (κ2) is 9.78. The summed E-state index contributed by atoms with van der Waals surface area (Å²) in [5, 5.41) is 20.5. The van der Waals surface area contributed by atoms with Crippen molar-refractivity contribution in [3.05, 3.63) is 35.9 Å². The summed E-state index contributed by atoms with van der Waals surface area (Å²) in [7, 11) is 2.10. The molecule has 8 nitrogen and oxygen atoms in total. The summed E-state index contributed by atoms with van der Waals surface area (Å²) in [6.45, 7) is 3.00. The van der Waals surface area contributed by atoms with Crippen molar-refractivity contribution in [1.29, 1.82) is 0 Å². The van der Waals surface area contributed by atoms with Gasteiger partial charge in [0.1, 0.15) is 0 Å². The van der Waals surface area contributed by atoms with Crippen LogP contribution in [0.1, 0.15) is 37.7 Å². The van der Waals surface area contributed by atoms with Crippen LogP contribution in [-0.2, 0) is 19.8 Å². The number of benzene rings is 1. The second-order valence-corrected chi connectivity index (χ2v) is 8.90. The van der Waals surface area contributed by atoms with Gasteiger partial charge >= 0.3 is 0 Å². The van der Waals surface area contributed by atoms with Gasteiger partial charge in [-0.25, -0.2) is 0 Å². The molecule has 3 fully saturated rings. The SMILES string of the molecule is CN1CCC(C(=O)N2CC[C@@H](O)[C@@]3(CCCNC3=O)C2)(c2ccccc2)CC1.O=CO. The topological polar surface area (TPSA) is 110 Å². The molecule has 3 saturated heterocycles. The van der Waals surface area contributed by atoms with E-state index in [4.69, 9.17) is 9.90 Å². The standard InChI is InChI=1S/C22H31N3O3.CH2O2/c1-24-14-10-21(11-15-24,17-6-3-2-4-7-17)20(28)25-13-8-18(26)22(16-25)9-5-12-23-19(22)27;2-1-3/h2-4,6-7,18,26H,5,8-16H2,1H3,(H,23,27);1H,(H,2,3)/t18-,22-;/m1./s1. The number of aliphatic hydroxyl groups excluding tert-OH is 1. The summed E-state index contributed by atoms with van der Waals surface area (Å²) in [6, 6.07) is 10.1. The molecule has 3 aliphatic rings. The van der Waals surface area contributed by atoms with Gasteiger partial charge in [-0.05, 0) is 57.8 Å². The van der Waals surface area contributed by atoms with E-state index < -0.39 is 16.9 Å². The van der Waals surface area contributed by atoms with Crippen LogP contribution in [0, 0.1) is 5.41 Å². The van der Waals surface area contributed by atoms with Crippen molar-refractivity contribution < 1.29 is 24.6 Å². The molecule has 0 aliphatic carbocycles. The lowest BCUT2D eigenvalue weighted by Crippen LogP contribution is -2.64. The first-order valence-electron chi connectivity index (χ1n) is 11.0. The van der Waals surface area contributed by atoms with Gasteiger partial charge in [0.05, 0.1) is 16.9 Å². The Balaban J connectivity index is 0.000000858. The van der Waals surface area contributed by atoms with Crippen LogP contribution in [0.4, 0.5) is 0 Å². The van der Waals surface area contributed by atoms with Crippen LogP contribution in [0.3, 0.4) is 0 Å². The molecule has 0 bridgehead atoms. The van der Waals surface area contributed by atoms with E-state index in [1.54, 1.807) is 0 Å². The zero-order chi connectivity index (χ0) is 22.5. The number of likely N-dealkylation sites (tertiary alicyclic amines) is 2. The Morgan fingerprint density at radius 3 is 2.42 bits per heavy atom. The van der Waals surface area contributed by atoms with Gasteiger partial charge in [-0.2, -0.15) is 0 Å². The number of carboxylic acid groups (broad SMARTS) is 1. The Labute approximate surface area is 183 Å². The Morgan fingerprint density at radius 1 is 1.16 bits per heavy atom. The van der Waals surface area contributed by atoms with Crippen LogP contribution >= 0.6 is 0 Å². The van der Waals surface area contributed by atoms with E-state index in [0.717, 1.165) is 37.9 Å². The van der Waals surface area contributed by atoms with Gasteiger partial charge in [-0.3, -0.25) is 14.4 Å². The molecule has 3 N–H and O–H groups in total. The van der Waals surface area contributed by atoms with E-state index in [0.29, 0.717) is 32.5 Å². The lowest BCUT2D eigenvalue weighted by Gasteiger charge is -2.50. The molecular weight excluding hydrogens is 398 g/mol. The molecule has 8 heteroatoms. The lowest BCUT2D eigenvalue weighted by molar-refractivity contribution is -0.158. The number of piperidine rings is 3. The van der Waals surface area contributed by atoms with Crippen LogP contribution in [0.15, 0.2) is 30.3 Å². The van der Waals surface area contributed by atoms with Gasteiger partial charge in [0, 0.05) is 19.6 Å². The highest BCUT2D eigenvalue weighted by atomic mass is 16.3. The normalized spacial score (nSPS) is 28.3. The molecule has 170 valence electrons. The minimum Gasteiger partial charge on any atom is -0.483 e. The smallest absolute Gasteiger partial charge is 0.290 e. The van der Waals surface area contributed by atoms with Crippen molar-refractivity contribution in [3.8, 4) is 0 Å². The highest BCUT2D eigenvalue weighted by Crippen LogP contribution is 2.42. The highest BCUT2D eigenvalue weighted by molar-refractivity contribution is 5.90. The van der Waals surface area contributed by atoms with Crippen LogP contribution in [0.25, 0.3) is 0 Å². The summed E-state index contributed by atoms with van der Waals surface area (Å²) in [6.07, 6.45) is 2.84. The van der Waals surface area contributed by atoms with Crippen LogP contribution in [0.2, 0.25) is 0 Å². The van der Waals surface area contributed by atoms with E-state index in [-0.39, 0.29) is 18.3 Å². The number of nitrogens with zero attached hydrogens (tertiary/aromatic N) is 2. The second-order valence-electron chi connectivity index (χ2n) is 8.90. The number of carbonyl (C=O) groups excluding carboxylic acids is 2. The molecule has 2 amide bonds. The first-order valence-corrected chi connectivity index (χ1v) is 11.0. The van der Waals surface area contributed by atoms with Crippen molar-refractivity contribution >= 4 is 18.3 Å². The minimum absolute atomic E-state index is 0.0964. The predicted octanol–water partition coefficient (Wildman–Crippen LogP) is 0.840. The molecule has 1 spiro atoms. The van der Waals surface area contributed by atoms with Gasteiger partial charge in [0.15, 0.2) is 0 Å². The predicted molar refractivity (Wildman–Crippen MR) is 115 cm³/mol. The van der Waals surface area contributed by atoms with Gasteiger partial charge in [0.2, 0.25) is 11.8 Å². The van der Waals surface area contributed by atoms with E-state index in [9.17, 15) is 14.7 Å². The van der Waals surface area contributed by atoms with Gasteiger partial charge in [-0.15, -0.1) is 0 Å². The summed E-state index contributed by atoms with van der Waals surface area (Å²) in [5.41, 5.74) is -0.320. The fourth-order valence-corrected chi connectivity index (χ4v) is 5.30. The van der Waals surface area contributed by atoms with Crippen LogP contribution in [0.5, 0.6) is 0 Å². The zero-order valence-electron chi connectivity index (χ0n) is 18.1. The Kier molecular flexibility index (Phi) is 7.33. The van der Waals surface area contributed by atoms with Crippen molar-refractivity contribution in [2.24, 2.45) is 5.41 Å². The first kappa shape index (κ1) is 23.2. The average Bonchev–Trinajstić information content (AvgIpc) is 2.79. The number of aliphatic hydroxyl groups is 1. The summed E-state index contributed by atoms with van der Waals surface area (Å²) in [4.78, 5) is 39.1. The third kappa shape index (κ3) is 4.45. The average molecular weight is 432 g/mol. The van der Waals surface area contributed by atoms with E-state index in [1.165, 1.54) is 0 Å². The number of carbonyl (C=O) groups is 3. The fraction of sp³-hybridized carbons (Fsp3) is 0.609. The van der Waals surface area contributed by atoms with Crippen LogP contribution < -0.4 is 5.32 Å². The molecule has 4 rings (SSSR count). The van der Waals surface area contributed by atoms with Crippen molar-refractivity contribution in [3.63, 3.8) is 0 Å². The van der Waals surface area contributed by atoms with Gasteiger partial charge in [-0.1, -0.05) is 30.3 Å². The third-order valence-corrected chi connectivity index (χ3v) is 7.18. The molecule has 0 aromatic heterocycles. The fourth-order valence-electron chi connectivity index (χ4n) is 5.30. The molecule has 3 heterocycles. The number of hydrogen-bond acceptors (Lipinski definition) is 5. The first-order chi connectivity index (χ1) is 14.9. The Morgan fingerprint density at radius 2 is 1.81 bits per heavy atom. The number of hydrogen-bond donors (Lipinski definition) is 3. The maximum Gasteiger partial charge on any atom is 0.290 e. The number of rotatable bonds is 2. The monoisotopic (exact) mass is 431 g/mol. The quantitative estimate of drug-likeness (QED) is 0.599. The third-order valence-electron chi connectivity index (χ3n) is 7.18. The molecular formula is C23H33N3O5. The van der Waals surface area contributed by atoms with E-state index in [1.807, 2.05) is 23.1 Å². The van der Waals surface area contributed by atoms with Crippen molar-refractivity contribution in [1.82, 2.24) is 15.1 Å². The molecule has 0 radical (unpaired) electrons. The molecule has 3 aliphatic heterocycles. The molecule has 0 saturated carbocycles. The molecule has 1 aromatic rings. The maximum absolute atomic E-state index is 13.9. The van der Waals surface area contributed by atoms with Crippen LogP contribution in [-0.4, -0.2) is 84.2 Å². The largest absolute Gasteiger partial charge is 0.483 e. The van der Waals surface area contributed by atoms with Crippen molar-refractivity contribution in [2.75, 3.05) is 39.8 Å². The summed E-state index contributed by atoms with van der Waals surface area (Å²) in [5.74, 6) is 0.0253. The minimum atomic E-state index is -0.852. The molecule has 1 aromatic carbocycles. The molecule has 31 heavy (non-hydrogen) atoms. The zero-order valence-corrected chi connectivity index (χ0v) is 18.1. The number of nitrogens with one attached hydrogen (secondary N) is 1. The van der Waals surface area contributed by atoms with Crippen molar-refractivity contribution in [2.45, 2.75) is 43.6 Å². The van der Waals surface area contributed by atoms with E-state index >= 15 is 0 Å². The molecule has 0 unspecified atom stereocenters. The Bertz CT molecular complexity index is 779. The lowest BCUT2D eigenvalue weighted by atomic mass is 9.68. The van der Waals surface area contributed by atoms with Gasteiger partial charge < -0.3 is 25.3 Å². The maximum atomic E-state index is 13.9. The summed E-state index contributed by atoms with van der Waals surface area (Å²) < 4.78 is 0. The molecule has 2 atom stereocenters. The number of amides is 2. The Hall–Kier alpha value is -2.45.